The molecule has 2 rings (SSSR count). The van der Waals surface area contributed by atoms with E-state index in [4.69, 9.17) is 11.6 Å². The summed E-state index contributed by atoms with van der Waals surface area (Å²) in [5.41, 5.74) is 1.60. The van der Waals surface area contributed by atoms with E-state index in [1.807, 2.05) is 36.4 Å². The predicted octanol–water partition coefficient (Wildman–Crippen LogP) is 3.25. The summed E-state index contributed by atoms with van der Waals surface area (Å²) < 4.78 is 27.0. The molecule has 0 aliphatic rings. The molecule has 0 bridgehead atoms. The molecule has 0 saturated heterocycles. The molecule has 0 aromatic heterocycles. The predicted molar refractivity (Wildman–Crippen MR) is 81.4 cm³/mol. The van der Waals surface area contributed by atoms with E-state index >= 15 is 0 Å². The van der Waals surface area contributed by atoms with Crippen LogP contribution in [-0.4, -0.2) is 15.0 Å². The molecule has 20 heavy (non-hydrogen) atoms. The zero-order valence-corrected chi connectivity index (χ0v) is 12.7. The summed E-state index contributed by atoms with van der Waals surface area (Å²) in [7, 11) is -3.53. The maximum atomic E-state index is 12.2. The maximum absolute atomic E-state index is 12.2. The lowest BCUT2D eigenvalue weighted by Crippen LogP contribution is -2.27. The highest BCUT2D eigenvalue weighted by molar-refractivity contribution is 7.89. The monoisotopic (exact) mass is 309 g/mol. The van der Waals surface area contributed by atoms with Crippen LogP contribution in [0.4, 0.5) is 0 Å². The summed E-state index contributed by atoms with van der Waals surface area (Å²) in [4.78, 5) is 0.289. The Morgan fingerprint density at radius 3 is 2.30 bits per heavy atom. The van der Waals surface area contributed by atoms with Crippen LogP contribution in [0.15, 0.2) is 59.5 Å². The summed E-state index contributed by atoms with van der Waals surface area (Å²) >= 11 is 6.21. The van der Waals surface area contributed by atoms with Crippen molar-refractivity contribution >= 4 is 21.6 Å². The van der Waals surface area contributed by atoms with Gasteiger partial charge in [-0.05, 0) is 24.1 Å². The van der Waals surface area contributed by atoms with Crippen molar-refractivity contribution in [2.24, 2.45) is 0 Å². The lowest BCUT2D eigenvalue weighted by atomic mass is 10.1. The van der Waals surface area contributed by atoms with Crippen molar-refractivity contribution in [3.63, 3.8) is 0 Å². The molecule has 1 atom stereocenters. The second kappa shape index (κ2) is 6.39. The van der Waals surface area contributed by atoms with Gasteiger partial charge < -0.3 is 0 Å². The topological polar surface area (TPSA) is 46.2 Å². The number of nitrogens with one attached hydrogen (secondary N) is 1. The fourth-order valence-corrected chi connectivity index (χ4v) is 3.50. The minimum absolute atomic E-state index is 0.155. The average Bonchev–Trinajstić information content (AvgIpc) is 2.46. The molecular formula is C15H16ClNO2S. The summed E-state index contributed by atoms with van der Waals surface area (Å²) in [5.74, 6) is 0. The van der Waals surface area contributed by atoms with Crippen LogP contribution in [-0.2, 0) is 10.0 Å². The summed E-state index contributed by atoms with van der Waals surface area (Å²) in [6.45, 7) is 1.92. The zero-order chi connectivity index (χ0) is 14.6. The van der Waals surface area contributed by atoms with Gasteiger partial charge in [-0.1, -0.05) is 48.5 Å². The molecule has 0 radical (unpaired) electrons. The van der Waals surface area contributed by atoms with E-state index in [1.54, 1.807) is 25.1 Å². The van der Waals surface area contributed by atoms with Gasteiger partial charge in [0.15, 0.2) is 0 Å². The molecule has 0 aliphatic heterocycles. The minimum atomic E-state index is -3.53. The Balaban J connectivity index is 2.09. The van der Waals surface area contributed by atoms with Gasteiger partial charge in [0.1, 0.15) is 0 Å². The van der Waals surface area contributed by atoms with E-state index < -0.39 is 15.4 Å². The van der Waals surface area contributed by atoms with E-state index in [-0.39, 0.29) is 11.4 Å². The lowest BCUT2D eigenvalue weighted by molar-refractivity contribution is 0.580. The number of aryl methyl sites for hydroxylation is 1. The molecule has 0 spiro atoms. The first-order valence-corrected chi connectivity index (χ1v) is 8.17. The smallest absolute Gasteiger partial charge is 0.209 e. The van der Waals surface area contributed by atoms with Gasteiger partial charge in [0.05, 0.1) is 10.3 Å². The quantitative estimate of drug-likeness (QED) is 0.862. The molecule has 2 aromatic carbocycles. The first-order valence-electron chi connectivity index (χ1n) is 6.25. The molecular weight excluding hydrogens is 294 g/mol. The van der Waals surface area contributed by atoms with Gasteiger partial charge in [-0.3, -0.25) is 0 Å². The van der Waals surface area contributed by atoms with E-state index in [0.717, 1.165) is 5.56 Å². The number of hydrogen-bond donors (Lipinski definition) is 1. The Morgan fingerprint density at radius 2 is 1.65 bits per heavy atom. The van der Waals surface area contributed by atoms with Crippen LogP contribution in [0.1, 0.15) is 16.5 Å². The van der Waals surface area contributed by atoms with E-state index in [0.29, 0.717) is 5.56 Å². The summed E-state index contributed by atoms with van der Waals surface area (Å²) in [5, 5.41) is -0.394. The number of halogens is 1. The van der Waals surface area contributed by atoms with Crippen LogP contribution in [0.25, 0.3) is 0 Å². The molecule has 1 N–H and O–H groups in total. The number of benzene rings is 2. The SMILES string of the molecule is Cc1ccccc1S(=O)(=O)NCC(Cl)c1ccccc1. The van der Waals surface area contributed by atoms with Crippen molar-refractivity contribution in [3.8, 4) is 0 Å². The van der Waals surface area contributed by atoms with Crippen molar-refractivity contribution in [2.75, 3.05) is 6.54 Å². The average molecular weight is 310 g/mol. The van der Waals surface area contributed by atoms with Gasteiger partial charge in [0, 0.05) is 6.54 Å². The molecule has 1 unspecified atom stereocenters. The molecule has 0 fully saturated rings. The van der Waals surface area contributed by atoms with Gasteiger partial charge in [0.25, 0.3) is 0 Å². The Morgan fingerprint density at radius 1 is 1.05 bits per heavy atom. The largest absolute Gasteiger partial charge is 0.240 e. The van der Waals surface area contributed by atoms with Gasteiger partial charge in [-0.25, -0.2) is 13.1 Å². The Bertz CT molecular complexity index is 671. The van der Waals surface area contributed by atoms with Crippen molar-refractivity contribution < 1.29 is 8.42 Å². The van der Waals surface area contributed by atoms with E-state index in [9.17, 15) is 8.42 Å². The Labute approximate surface area is 124 Å². The number of hydrogen-bond acceptors (Lipinski definition) is 2. The fourth-order valence-electron chi connectivity index (χ4n) is 1.90. The Kier molecular flexibility index (Phi) is 4.81. The van der Waals surface area contributed by atoms with Crippen LogP contribution < -0.4 is 4.72 Å². The number of alkyl halides is 1. The number of rotatable bonds is 5. The van der Waals surface area contributed by atoms with Crippen LogP contribution in [0.2, 0.25) is 0 Å². The molecule has 2 aromatic rings. The normalized spacial score (nSPS) is 13.1. The highest BCUT2D eigenvalue weighted by Crippen LogP contribution is 2.20. The second-order valence-corrected chi connectivity index (χ2v) is 6.76. The molecule has 0 amide bonds. The van der Waals surface area contributed by atoms with Crippen molar-refractivity contribution in [3.05, 3.63) is 65.7 Å². The van der Waals surface area contributed by atoms with Crippen LogP contribution in [0.3, 0.4) is 0 Å². The van der Waals surface area contributed by atoms with Crippen molar-refractivity contribution in [1.82, 2.24) is 4.72 Å². The van der Waals surface area contributed by atoms with Crippen LogP contribution in [0, 0.1) is 6.92 Å². The molecule has 0 saturated carbocycles. The summed E-state index contributed by atoms with van der Waals surface area (Å²) in [6, 6.07) is 16.3. The van der Waals surface area contributed by atoms with Crippen molar-refractivity contribution in [2.45, 2.75) is 17.2 Å². The molecule has 0 heterocycles. The van der Waals surface area contributed by atoms with Crippen LogP contribution in [0.5, 0.6) is 0 Å². The van der Waals surface area contributed by atoms with E-state index in [2.05, 4.69) is 4.72 Å². The standard InChI is InChI=1S/C15H16ClNO2S/c1-12-7-5-6-10-15(12)20(18,19)17-11-14(16)13-8-3-2-4-9-13/h2-10,14,17H,11H2,1H3. The third kappa shape index (κ3) is 3.60. The highest BCUT2D eigenvalue weighted by Gasteiger charge is 2.18. The van der Waals surface area contributed by atoms with Gasteiger partial charge >= 0.3 is 0 Å². The lowest BCUT2D eigenvalue weighted by Gasteiger charge is -2.13. The molecule has 0 aliphatic carbocycles. The fraction of sp³-hybridized carbons (Fsp3) is 0.200. The first-order chi connectivity index (χ1) is 9.50. The van der Waals surface area contributed by atoms with Crippen LogP contribution >= 0.6 is 11.6 Å². The third-order valence-corrected chi connectivity index (χ3v) is 4.99. The van der Waals surface area contributed by atoms with E-state index in [1.165, 1.54) is 0 Å². The number of sulfonamides is 1. The maximum Gasteiger partial charge on any atom is 0.240 e. The molecule has 3 nitrogen and oxygen atoms in total. The Hall–Kier alpha value is -1.36. The van der Waals surface area contributed by atoms with Gasteiger partial charge in [-0.15, -0.1) is 11.6 Å². The molecule has 5 heteroatoms. The van der Waals surface area contributed by atoms with Gasteiger partial charge in [-0.2, -0.15) is 0 Å². The third-order valence-electron chi connectivity index (χ3n) is 3.00. The first kappa shape index (κ1) is 15.0. The van der Waals surface area contributed by atoms with Gasteiger partial charge in [0.2, 0.25) is 10.0 Å². The van der Waals surface area contributed by atoms with Crippen molar-refractivity contribution in [1.29, 1.82) is 0 Å². The second-order valence-electron chi connectivity index (χ2n) is 4.50. The summed E-state index contributed by atoms with van der Waals surface area (Å²) in [6.07, 6.45) is 0. The minimum Gasteiger partial charge on any atom is -0.209 e. The highest BCUT2D eigenvalue weighted by atomic mass is 35.5. The zero-order valence-electron chi connectivity index (χ0n) is 11.1. The molecule has 106 valence electrons.